The molecule has 0 radical (unpaired) electrons. The van der Waals surface area contributed by atoms with Crippen molar-refractivity contribution in [2.24, 2.45) is 5.73 Å². The standard InChI is InChI=1S/C16H17NO2.C4H4N2O3/c17-15(18)16(7-9-19-10-8-16)14-6-5-12-3-1-2-4-13(12)11-14;7-4(6-8)3-1-5-2-9-3/h1-6,11H,7-10H2,(H2,17,18);1-2,8H,(H,6,7). The van der Waals surface area contributed by atoms with Crippen molar-refractivity contribution in [1.29, 1.82) is 0 Å². The summed E-state index contributed by atoms with van der Waals surface area (Å²) in [7, 11) is 0. The molecule has 8 nitrogen and oxygen atoms in total. The van der Waals surface area contributed by atoms with Crippen LogP contribution in [-0.2, 0) is 14.9 Å². The highest BCUT2D eigenvalue weighted by Gasteiger charge is 2.40. The zero-order valence-electron chi connectivity index (χ0n) is 15.1. The predicted octanol–water partition coefficient (Wildman–Crippen LogP) is 2.17. The zero-order chi connectivity index (χ0) is 20.0. The molecule has 4 rings (SSSR count). The Morgan fingerprint density at radius 3 is 2.43 bits per heavy atom. The van der Waals surface area contributed by atoms with Gasteiger partial charge >= 0.3 is 5.91 Å². The molecule has 1 aromatic heterocycles. The minimum absolute atomic E-state index is 0.0162. The maximum atomic E-state index is 12.0. The average Bonchev–Trinajstić information content (AvgIpc) is 3.28. The van der Waals surface area contributed by atoms with Gasteiger partial charge in [0.25, 0.3) is 0 Å². The molecule has 2 heterocycles. The molecule has 0 spiro atoms. The number of benzene rings is 2. The van der Waals surface area contributed by atoms with Gasteiger partial charge in [-0.15, -0.1) is 0 Å². The van der Waals surface area contributed by atoms with Crippen LogP contribution in [0.3, 0.4) is 0 Å². The van der Waals surface area contributed by atoms with E-state index in [9.17, 15) is 9.59 Å². The number of amides is 2. The summed E-state index contributed by atoms with van der Waals surface area (Å²) in [6.45, 7) is 1.19. The maximum absolute atomic E-state index is 12.0. The van der Waals surface area contributed by atoms with Crippen LogP contribution in [0, 0.1) is 0 Å². The molecule has 28 heavy (non-hydrogen) atoms. The normalized spacial score (nSPS) is 15.3. The predicted molar refractivity (Wildman–Crippen MR) is 101 cm³/mol. The first-order valence-corrected chi connectivity index (χ1v) is 8.77. The Bertz CT molecular complexity index is 949. The number of oxazole rings is 1. The molecule has 4 N–H and O–H groups in total. The van der Waals surface area contributed by atoms with E-state index in [-0.39, 0.29) is 11.7 Å². The summed E-state index contributed by atoms with van der Waals surface area (Å²) in [5, 5.41) is 10.3. The summed E-state index contributed by atoms with van der Waals surface area (Å²) in [6.07, 6.45) is 3.64. The number of hydroxylamine groups is 1. The van der Waals surface area contributed by atoms with E-state index in [1.807, 2.05) is 18.2 Å². The maximum Gasteiger partial charge on any atom is 0.312 e. The smallest absolute Gasteiger partial charge is 0.312 e. The van der Waals surface area contributed by atoms with Crippen molar-refractivity contribution in [1.82, 2.24) is 10.5 Å². The number of nitrogens with zero attached hydrogens (tertiary/aromatic N) is 1. The van der Waals surface area contributed by atoms with E-state index < -0.39 is 11.3 Å². The zero-order valence-corrected chi connectivity index (χ0v) is 15.1. The number of hydrogen-bond acceptors (Lipinski definition) is 6. The summed E-state index contributed by atoms with van der Waals surface area (Å²) >= 11 is 0. The monoisotopic (exact) mass is 383 g/mol. The fourth-order valence-electron chi connectivity index (χ4n) is 3.27. The fourth-order valence-corrected chi connectivity index (χ4v) is 3.27. The number of carbonyl (C=O) groups is 2. The third-order valence-electron chi connectivity index (χ3n) is 4.88. The highest BCUT2D eigenvalue weighted by molar-refractivity contribution is 5.90. The van der Waals surface area contributed by atoms with Crippen LogP contribution in [-0.4, -0.2) is 35.2 Å². The van der Waals surface area contributed by atoms with Gasteiger partial charge in [0, 0.05) is 13.2 Å². The molecule has 3 aromatic rings. The Labute approximate surface area is 161 Å². The van der Waals surface area contributed by atoms with Crippen LogP contribution in [0.1, 0.15) is 29.0 Å². The van der Waals surface area contributed by atoms with E-state index in [1.165, 1.54) is 17.1 Å². The van der Waals surface area contributed by atoms with Gasteiger partial charge in [-0.05, 0) is 29.2 Å². The van der Waals surface area contributed by atoms with Gasteiger partial charge in [-0.3, -0.25) is 14.8 Å². The minimum atomic E-state index is -0.701. The molecular formula is C20H21N3O5. The van der Waals surface area contributed by atoms with Gasteiger partial charge < -0.3 is 14.9 Å². The molecule has 0 bridgehead atoms. The minimum Gasteiger partial charge on any atom is -0.438 e. The van der Waals surface area contributed by atoms with Crippen molar-refractivity contribution < 1.29 is 24.0 Å². The molecule has 0 unspecified atom stereocenters. The first-order valence-electron chi connectivity index (χ1n) is 8.77. The number of primary amides is 1. The van der Waals surface area contributed by atoms with E-state index in [0.717, 1.165) is 17.3 Å². The first kappa shape index (κ1) is 19.5. The number of ether oxygens (including phenoxy) is 1. The summed E-state index contributed by atoms with van der Waals surface area (Å²) < 4.78 is 9.88. The molecule has 2 amide bonds. The van der Waals surface area contributed by atoms with Gasteiger partial charge in [0.15, 0.2) is 6.39 Å². The van der Waals surface area contributed by atoms with Crippen molar-refractivity contribution in [3.63, 3.8) is 0 Å². The SMILES string of the molecule is NC(=O)C1(c2ccc3ccccc3c2)CCOCC1.O=C(NO)c1cnco1. The molecule has 0 atom stereocenters. The Hall–Kier alpha value is -3.23. The molecular weight excluding hydrogens is 362 g/mol. The fraction of sp³-hybridized carbons (Fsp3) is 0.250. The summed E-state index contributed by atoms with van der Waals surface area (Å²) in [5.41, 5.74) is 7.53. The number of hydrogen-bond donors (Lipinski definition) is 3. The second kappa shape index (κ2) is 8.64. The Morgan fingerprint density at radius 1 is 1.11 bits per heavy atom. The largest absolute Gasteiger partial charge is 0.438 e. The highest BCUT2D eigenvalue weighted by Crippen LogP contribution is 2.36. The van der Waals surface area contributed by atoms with Gasteiger partial charge in [-0.1, -0.05) is 42.5 Å². The lowest BCUT2D eigenvalue weighted by Gasteiger charge is -2.34. The van der Waals surface area contributed by atoms with Gasteiger partial charge in [-0.25, -0.2) is 10.5 Å². The van der Waals surface area contributed by atoms with Crippen LogP contribution in [0.4, 0.5) is 0 Å². The van der Waals surface area contributed by atoms with Gasteiger partial charge in [-0.2, -0.15) is 0 Å². The molecule has 0 aliphatic carbocycles. The average molecular weight is 383 g/mol. The molecule has 1 fully saturated rings. The van der Waals surface area contributed by atoms with Crippen molar-refractivity contribution in [2.45, 2.75) is 18.3 Å². The van der Waals surface area contributed by atoms with E-state index in [4.69, 9.17) is 15.7 Å². The van der Waals surface area contributed by atoms with Crippen LogP contribution in [0.5, 0.6) is 0 Å². The third-order valence-corrected chi connectivity index (χ3v) is 4.88. The summed E-state index contributed by atoms with van der Waals surface area (Å²) in [5.74, 6) is -0.962. The number of nitrogens with one attached hydrogen (secondary N) is 1. The second-order valence-electron chi connectivity index (χ2n) is 6.43. The lowest BCUT2D eigenvalue weighted by Crippen LogP contribution is -2.45. The summed E-state index contributed by atoms with van der Waals surface area (Å²) in [4.78, 5) is 25.8. The van der Waals surface area contributed by atoms with Crippen LogP contribution in [0.2, 0.25) is 0 Å². The Morgan fingerprint density at radius 2 is 1.82 bits per heavy atom. The number of carbonyl (C=O) groups excluding carboxylic acids is 2. The highest BCUT2D eigenvalue weighted by atomic mass is 16.5. The molecule has 1 saturated heterocycles. The number of fused-ring (bicyclic) bond motifs is 1. The molecule has 146 valence electrons. The number of aromatic nitrogens is 1. The lowest BCUT2D eigenvalue weighted by atomic mass is 9.73. The third kappa shape index (κ3) is 4.03. The van der Waals surface area contributed by atoms with E-state index >= 15 is 0 Å². The van der Waals surface area contributed by atoms with Crippen molar-refractivity contribution in [3.05, 3.63) is 66.4 Å². The van der Waals surface area contributed by atoms with Gasteiger partial charge in [0.1, 0.15) is 0 Å². The van der Waals surface area contributed by atoms with E-state index in [2.05, 4.69) is 33.7 Å². The van der Waals surface area contributed by atoms with Crippen LogP contribution < -0.4 is 11.2 Å². The Balaban J connectivity index is 0.000000211. The molecule has 0 saturated carbocycles. The number of rotatable bonds is 3. The van der Waals surface area contributed by atoms with Crippen LogP contribution in [0.15, 0.2) is 59.5 Å². The Kier molecular flexibility index (Phi) is 6.03. The molecule has 1 aliphatic heterocycles. The van der Waals surface area contributed by atoms with Crippen LogP contribution in [0.25, 0.3) is 10.8 Å². The second-order valence-corrected chi connectivity index (χ2v) is 6.43. The molecule has 1 aliphatic rings. The van der Waals surface area contributed by atoms with Crippen molar-refractivity contribution >= 4 is 22.6 Å². The first-order chi connectivity index (χ1) is 13.6. The topological polar surface area (TPSA) is 128 Å². The van der Waals surface area contributed by atoms with E-state index in [1.54, 1.807) is 0 Å². The van der Waals surface area contributed by atoms with Crippen molar-refractivity contribution in [2.75, 3.05) is 13.2 Å². The lowest BCUT2D eigenvalue weighted by molar-refractivity contribution is -0.127. The van der Waals surface area contributed by atoms with Crippen molar-refractivity contribution in [3.8, 4) is 0 Å². The quantitative estimate of drug-likeness (QED) is 0.470. The molecule has 8 heteroatoms. The summed E-state index contributed by atoms with van der Waals surface area (Å²) in [6, 6.07) is 14.3. The van der Waals surface area contributed by atoms with Gasteiger partial charge in [0.05, 0.1) is 11.6 Å². The van der Waals surface area contributed by atoms with E-state index in [0.29, 0.717) is 26.1 Å². The van der Waals surface area contributed by atoms with Crippen LogP contribution >= 0.6 is 0 Å². The van der Waals surface area contributed by atoms with Gasteiger partial charge in [0.2, 0.25) is 11.7 Å². The molecule has 2 aromatic carbocycles. The number of nitrogens with two attached hydrogens (primary N) is 1.